The van der Waals surface area contributed by atoms with Gasteiger partial charge < -0.3 is 14.6 Å². The molecule has 3 aromatic rings. The fourth-order valence-corrected chi connectivity index (χ4v) is 4.51. The molecule has 0 saturated carbocycles. The SMILES string of the molecule is CC(C)c1ccc([C@](O)(c2cnnc(-n3cccc3)c2)C2(C)CN(C)C2)cc1. The monoisotopic (exact) mass is 376 g/mol. The molecule has 0 unspecified atom stereocenters. The first-order chi connectivity index (χ1) is 13.3. The minimum atomic E-state index is -1.15. The van der Waals surface area contributed by atoms with E-state index < -0.39 is 5.60 Å². The van der Waals surface area contributed by atoms with Gasteiger partial charge in [-0.25, -0.2) is 0 Å². The highest BCUT2D eigenvalue weighted by Gasteiger charge is 2.55. The second-order valence-electron chi connectivity index (χ2n) is 8.61. The highest BCUT2D eigenvalue weighted by molar-refractivity contribution is 5.43. The molecule has 5 nitrogen and oxygen atoms in total. The van der Waals surface area contributed by atoms with E-state index in [1.165, 1.54) is 5.56 Å². The van der Waals surface area contributed by atoms with E-state index >= 15 is 0 Å². The Morgan fingerprint density at radius 3 is 2.29 bits per heavy atom. The van der Waals surface area contributed by atoms with Crippen molar-refractivity contribution >= 4 is 0 Å². The number of hydrogen-bond donors (Lipinski definition) is 1. The van der Waals surface area contributed by atoms with Crippen LogP contribution in [0.25, 0.3) is 5.82 Å². The summed E-state index contributed by atoms with van der Waals surface area (Å²) in [6.07, 6.45) is 5.57. The lowest BCUT2D eigenvalue weighted by Gasteiger charge is -2.55. The Morgan fingerprint density at radius 1 is 1.07 bits per heavy atom. The van der Waals surface area contributed by atoms with E-state index in [1.807, 2.05) is 35.2 Å². The molecule has 5 heteroatoms. The highest BCUT2D eigenvalue weighted by Crippen LogP contribution is 2.50. The van der Waals surface area contributed by atoms with Gasteiger partial charge in [0.1, 0.15) is 5.60 Å². The second kappa shape index (κ2) is 6.83. The minimum absolute atomic E-state index is 0.307. The van der Waals surface area contributed by atoms with Gasteiger partial charge in [0.2, 0.25) is 0 Å². The van der Waals surface area contributed by atoms with Crippen LogP contribution < -0.4 is 0 Å². The van der Waals surface area contributed by atoms with E-state index in [0.717, 1.165) is 24.2 Å². The van der Waals surface area contributed by atoms with Crippen LogP contribution >= 0.6 is 0 Å². The maximum absolute atomic E-state index is 12.2. The molecule has 4 rings (SSSR count). The van der Waals surface area contributed by atoms with Crippen molar-refractivity contribution in [3.05, 3.63) is 77.7 Å². The topological polar surface area (TPSA) is 54.2 Å². The van der Waals surface area contributed by atoms with Crippen molar-refractivity contribution < 1.29 is 5.11 Å². The Labute approximate surface area is 166 Å². The van der Waals surface area contributed by atoms with E-state index in [4.69, 9.17) is 0 Å². The lowest BCUT2D eigenvalue weighted by molar-refractivity contribution is -0.127. The van der Waals surface area contributed by atoms with Crippen molar-refractivity contribution in [1.29, 1.82) is 0 Å². The third-order valence-corrected chi connectivity index (χ3v) is 6.03. The molecule has 146 valence electrons. The summed E-state index contributed by atoms with van der Waals surface area (Å²) in [5, 5.41) is 20.7. The smallest absolute Gasteiger partial charge is 0.159 e. The van der Waals surface area contributed by atoms with Gasteiger partial charge in [0.05, 0.1) is 6.20 Å². The van der Waals surface area contributed by atoms with Crippen molar-refractivity contribution in [3.63, 3.8) is 0 Å². The third-order valence-electron chi connectivity index (χ3n) is 6.03. The number of rotatable bonds is 5. The van der Waals surface area contributed by atoms with Crippen LogP contribution in [0.3, 0.4) is 0 Å². The summed E-state index contributed by atoms with van der Waals surface area (Å²) in [6, 6.07) is 14.2. The van der Waals surface area contributed by atoms with Gasteiger partial charge in [-0.15, -0.1) is 5.10 Å². The zero-order chi connectivity index (χ0) is 19.9. The molecule has 1 aromatic carbocycles. The zero-order valence-corrected chi connectivity index (χ0v) is 17.0. The number of aromatic nitrogens is 3. The van der Waals surface area contributed by atoms with Crippen molar-refractivity contribution in [3.8, 4) is 5.82 Å². The molecule has 0 aliphatic carbocycles. The molecule has 1 fully saturated rings. The number of hydrogen-bond acceptors (Lipinski definition) is 4. The van der Waals surface area contributed by atoms with Crippen molar-refractivity contribution in [2.24, 2.45) is 5.41 Å². The average molecular weight is 377 g/mol. The van der Waals surface area contributed by atoms with Crippen LogP contribution in [0, 0.1) is 5.41 Å². The quantitative estimate of drug-likeness (QED) is 0.740. The lowest BCUT2D eigenvalue weighted by atomic mass is 9.62. The Balaban J connectivity index is 1.84. The number of benzene rings is 1. The molecule has 1 atom stereocenters. The summed E-state index contributed by atoms with van der Waals surface area (Å²) in [5.41, 5.74) is 1.49. The lowest BCUT2D eigenvalue weighted by Crippen LogP contribution is -2.63. The van der Waals surface area contributed by atoms with Crippen LogP contribution in [0.5, 0.6) is 0 Å². The molecule has 1 aliphatic rings. The van der Waals surface area contributed by atoms with E-state index in [2.05, 4.69) is 67.2 Å². The fraction of sp³-hybridized carbons (Fsp3) is 0.391. The number of nitrogens with zero attached hydrogens (tertiary/aromatic N) is 4. The summed E-state index contributed by atoms with van der Waals surface area (Å²) in [7, 11) is 2.08. The van der Waals surface area contributed by atoms with Crippen molar-refractivity contribution in [2.45, 2.75) is 32.3 Å². The van der Waals surface area contributed by atoms with Crippen LogP contribution in [-0.2, 0) is 5.60 Å². The van der Waals surface area contributed by atoms with Crippen LogP contribution in [-0.4, -0.2) is 44.9 Å². The molecular weight excluding hydrogens is 348 g/mol. The Bertz CT molecular complexity index is 943. The molecule has 28 heavy (non-hydrogen) atoms. The first-order valence-electron chi connectivity index (χ1n) is 9.81. The maximum Gasteiger partial charge on any atom is 0.159 e. The molecule has 1 aliphatic heterocycles. The second-order valence-corrected chi connectivity index (χ2v) is 8.61. The minimum Gasteiger partial charge on any atom is -0.380 e. The van der Waals surface area contributed by atoms with E-state index in [-0.39, 0.29) is 5.41 Å². The predicted octanol–water partition coefficient (Wildman–Crippen LogP) is 3.58. The number of likely N-dealkylation sites (tertiary alicyclic amines) is 1. The predicted molar refractivity (Wildman–Crippen MR) is 110 cm³/mol. The first-order valence-corrected chi connectivity index (χ1v) is 9.81. The molecule has 1 N–H and O–H groups in total. The largest absolute Gasteiger partial charge is 0.380 e. The molecule has 0 amide bonds. The van der Waals surface area contributed by atoms with Gasteiger partial charge >= 0.3 is 0 Å². The summed E-state index contributed by atoms with van der Waals surface area (Å²) in [4.78, 5) is 2.23. The molecule has 0 spiro atoms. The summed E-state index contributed by atoms with van der Waals surface area (Å²) >= 11 is 0. The Kier molecular flexibility index (Phi) is 4.60. The van der Waals surface area contributed by atoms with Gasteiger partial charge in [-0.2, -0.15) is 5.10 Å². The fourth-order valence-electron chi connectivity index (χ4n) is 4.51. The maximum atomic E-state index is 12.2. The van der Waals surface area contributed by atoms with Gasteiger partial charge in [-0.1, -0.05) is 45.0 Å². The van der Waals surface area contributed by atoms with Crippen LogP contribution in [0.4, 0.5) is 0 Å². The Morgan fingerprint density at radius 2 is 1.71 bits per heavy atom. The van der Waals surface area contributed by atoms with Crippen LogP contribution in [0.1, 0.15) is 43.4 Å². The van der Waals surface area contributed by atoms with Gasteiger partial charge in [-0.3, -0.25) is 0 Å². The van der Waals surface area contributed by atoms with Crippen LogP contribution in [0.15, 0.2) is 61.1 Å². The molecule has 0 bridgehead atoms. The van der Waals surface area contributed by atoms with Crippen molar-refractivity contribution in [1.82, 2.24) is 19.7 Å². The van der Waals surface area contributed by atoms with Gasteiger partial charge in [-0.05, 0) is 42.3 Å². The van der Waals surface area contributed by atoms with E-state index in [9.17, 15) is 5.11 Å². The van der Waals surface area contributed by atoms with E-state index in [0.29, 0.717) is 11.7 Å². The third kappa shape index (κ3) is 2.95. The molecular formula is C23H28N4O. The van der Waals surface area contributed by atoms with E-state index in [1.54, 1.807) is 6.20 Å². The van der Waals surface area contributed by atoms with Gasteiger partial charge in [0.25, 0.3) is 0 Å². The molecule has 1 saturated heterocycles. The molecule has 2 aromatic heterocycles. The molecule has 3 heterocycles. The summed E-state index contributed by atoms with van der Waals surface area (Å²) < 4.78 is 1.91. The normalized spacial score (nSPS) is 18.6. The van der Waals surface area contributed by atoms with Crippen LogP contribution in [0.2, 0.25) is 0 Å². The Hall–Kier alpha value is -2.50. The highest BCUT2D eigenvalue weighted by atomic mass is 16.3. The summed E-state index contributed by atoms with van der Waals surface area (Å²) in [5.74, 6) is 1.16. The van der Waals surface area contributed by atoms with Gasteiger partial charge in [0, 0.05) is 36.5 Å². The van der Waals surface area contributed by atoms with Crippen molar-refractivity contribution in [2.75, 3.05) is 20.1 Å². The zero-order valence-electron chi connectivity index (χ0n) is 17.0. The first kappa shape index (κ1) is 18.8. The number of aliphatic hydroxyl groups is 1. The van der Waals surface area contributed by atoms with Gasteiger partial charge in [0.15, 0.2) is 5.82 Å². The average Bonchev–Trinajstić information content (AvgIpc) is 3.21. The standard InChI is InChI=1S/C23H28N4O/c1-17(2)18-7-9-19(10-8-18)23(28,22(3)15-26(4)16-22)20-13-21(25-24-14-20)27-11-5-6-12-27/h5-14,17,28H,15-16H2,1-4H3/t23-/m0/s1. The summed E-state index contributed by atoms with van der Waals surface area (Å²) in [6.45, 7) is 8.14. The molecule has 0 radical (unpaired) electrons.